The zero-order valence-corrected chi connectivity index (χ0v) is 11.4. The minimum Gasteiger partial charge on any atom is -0.384 e. The van der Waals surface area contributed by atoms with Crippen molar-refractivity contribution in [2.75, 3.05) is 12.3 Å². The van der Waals surface area contributed by atoms with Crippen LogP contribution in [0.2, 0.25) is 0 Å². The van der Waals surface area contributed by atoms with Crippen LogP contribution in [0.25, 0.3) is 0 Å². The number of hydrogen-bond acceptors (Lipinski definition) is 4. The van der Waals surface area contributed by atoms with Crippen molar-refractivity contribution in [3.05, 3.63) is 46.3 Å². The summed E-state index contributed by atoms with van der Waals surface area (Å²) in [5.74, 6) is 0.590. The van der Waals surface area contributed by atoms with Gasteiger partial charge in [-0.25, -0.2) is 4.98 Å². The second-order valence-corrected chi connectivity index (χ2v) is 5.14. The van der Waals surface area contributed by atoms with Crippen molar-refractivity contribution >= 4 is 17.2 Å². The van der Waals surface area contributed by atoms with Gasteiger partial charge in [-0.1, -0.05) is 6.92 Å². The number of thiophene rings is 1. The molecule has 0 spiro atoms. The third kappa shape index (κ3) is 3.55. The predicted molar refractivity (Wildman–Crippen MR) is 77.7 cm³/mol. The van der Waals surface area contributed by atoms with Crippen LogP contribution >= 0.6 is 11.3 Å². The molecule has 0 aliphatic carbocycles. The maximum atomic E-state index is 5.72. The minimum absolute atomic E-state index is 0.359. The number of anilines is 1. The summed E-state index contributed by atoms with van der Waals surface area (Å²) in [5, 5.41) is 7.91. The average Bonchev–Trinajstić information content (AvgIpc) is 2.88. The maximum Gasteiger partial charge on any atom is 0.123 e. The van der Waals surface area contributed by atoms with Crippen molar-refractivity contribution in [3.63, 3.8) is 0 Å². The molecule has 0 aliphatic rings. The molecule has 3 N–H and O–H groups in total. The number of nitrogen functional groups attached to an aromatic ring is 1. The smallest absolute Gasteiger partial charge is 0.123 e. The molecule has 0 amide bonds. The second kappa shape index (κ2) is 6.52. The lowest BCUT2D eigenvalue weighted by Crippen LogP contribution is -2.23. The van der Waals surface area contributed by atoms with Crippen LogP contribution in [0.3, 0.4) is 0 Å². The Labute approximate surface area is 112 Å². The number of nitrogens with one attached hydrogen (secondary N) is 1. The van der Waals surface area contributed by atoms with Gasteiger partial charge in [0.25, 0.3) is 0 Å². The summed E-state index contributed by atoms with van der Waals surface area (Å²) in [7, 11) is 0. The monoisotopic (exact) mass is 261 g/mol. The summed E-state index contributed by atoms with van der Waals surface area (Å²) < 4.78 is 0. The van der Waals surface area contributed by atoms with Crippen LogP contribution in [0, 0.1) is 0 Å². The molecule has 2 aromatic heterocycles. The van der Waals surface area contributed by atoms with Crippen LogP contribution in [0.5, 0.6) is 0 Å². The molecule has 0 bridgehead atoms. The molecule has 0 aromatic carbocycles. The van der Waals surface area contributed by atoms with Gasteiger partial charge in [-0.2, -0.15) is 11.3 Å². The normalized spacial score (nSPS) is 12.5. The van der Waals surface area contributed by atoms with Crippen molar-refractivity contribution < 1.29 is 0 Å². The molecule has 0 radical (unpaired) electrons. The first kappa shape index (κ1) is 13.1. The fraction of sp³-hybridized carbons (Fsp3) is 0.357. The molecule has 0 aliphatic heterocycles. The molecule has 2 rings (SSSR count). The summed E-state index contributed by atoms with van der Waals surface area (Å²) in [6.07, 6.45) is 3.86. The van der Waals surface area contributed by atoms with E-state index in [2.05, 4.69) is 34.1 Å². The first-order valence-corrected chi connectivity index (χ1v) is 7.19. The van der Waals surface area contributed by atoms with E-state index in [1.54, 1.807) is 17.5 Å². The summed E-state index contributed by atoms with van der Waals surface area (Å²) in [4.78, 5) is 4.03. The van der Waals surface area contributed by atoms with Crippen molar-refractivity contribution in [1.82, 2.24) is 10.3 Å². The molecule has 0 saturated carbocycles. The van der Waals surface area contributed by atoms with E-state index in [9.17, 15) is 0 Å². The molecular formula is C14H19N3S. The van der Waals surface area contributed by atoms with Gasteiger partial charge in [-0.3, -0.25) is 0 Å². The van der Waals surface area contributed by atoms with Crippen LogP contribution in [0.4, 0.5) is 5.82 Å². The highest BCUT2D eigenvalue weighted by atomic mass is 32.1. The Kier molecular flexibility index (Phi) is 4.73. The third-order valence-electron chi connectivity index (χ3n) is 2.87. The highest BCUT2D eigenvalue weighted by Crippen LogP contribution is 2.21. The maximum absolute atomic E-state index is 5.72. The highest BCUT2D eigenvalue weighted by Gasteiger charge is 2.12. The van der Waals surface area contributed by atoms with Gasteiger partial charge in [-0.05, 0) is 59.5 Å². The van der Waals surface area contributed by atoms with Gasteiger partial charge in [-0.15, -0.1) is 0 Å². The SMILES string of the molecule is CCCNC(Cc1ccnc(N)c1)c1ccsc1. The number of nitrogens with two attached hydrogens (primary N) is 1. The van der Waals surface area contributed by atoms with Crippen molar-refractivity contribution in [3.8, 4) is 0 Å². The Morgan fingerprint density at radius 1 is 1.44 bits per heavy atom. The average molecular weight is 261 g/mol. The summed E-state index contributed by atoms with van der Waals surface area (Å²) in [6, 6.07) is 6.52. The Balaban J connectivity index is 2.10. The lowest BCUT2D eigenvalue weighted by Gasteiger charge is -2.17. The Morgan fingerprint density at radius 2 is 2.33 bits per heavy atom. The number of hydrogen-bond donors (Lipinski definition) is 2. The van der Waals surface area contributed by atoms with E-state index < -0.39 is 0 Å². The molecule has 96 valence electrons. The second-order valence-electron chi connectivity index (χ2n) is 4.36. The molecule has 2 heterocycles. The minimum atomic E-state index is 0.359. The van der Waals surface area contributed by atoms with E-state index in [-0.39, 0.29) is 0 Å². The fourth-order valence-corrected chi connectivity index (χ4v) is 2.67. The molecule has 1 atom stereocenters. The van der Waals surface area contributed by atoms with Gasteiger partial charge in [0.15, 0.2) is 0 Å². The van der Waals surface area contributed by atoms with Crippen LogP contribution < -0.4 is 11.1 Å². The quantitative estimate of drug-likeness (QED) is 0.840. The lowest BCUT2D eigenvalue weighted by atomic mass is 10.0. The van der Waals surface area contributed by atoms with E-state index in [1.807, 2.05) is 12.1 Å². The lowest BCUT2D eigenvalue weighted by molar-refractivity contribution is 0.530. The summed E-state index contributed by atoms with van der Waals surface area (Å²) in [5.41, 5.74) is 8.30. The zero-order chi connectivity index (χ0) is 12.8. The number of aromatic nitrogens is 1. The number of nitrogens with zero attached hydrogens (tertiary/aromatic N) is 1. The van der Waals surface area contributed by atoms with E-state index in [4.69, 9.17) is 5.73 Å². The molecule has 0 fully saturated rings. The van der Waals surface area contributed by atoms with Crippen LogP contribution in [0.1, 0.15) is 30.5 Å². The molecule has 4 heteroatoms. The van der Waals surface area contributed by atoms with Gasteiger partial charge in [0.2, 0.25) is 0 Å². The largest absolute Gasteiger partial charge is 0.384 e. The fourth-order valence-electron chi connectivity index (χ4n) is 1.96. The number of pyridine rings is 1. The van der Waals surface area contributed by atoms with Gasteiger partial charge in [0, 0.05) is 12.2 Å². The Hall–Kier alpha value is -1.39. The summed E-state index contributed by atoms with van der Waals surface area (Å²) >= 11 is 1.74. The van der Waals surface area contributed by atoms with E-state index in [0.717, 1.165) is 19.4 Å². The van der Waals surface area contributed by atoms with Crippen LogP contribution in [-0.2, 0) is 6.42 Å². The van der Waals surface area contributed by atoms with Crippen molar-refractivity contribution in [1.29, 1.82) is 0 Å². The number of rotatable bonds is 6. The van der Waals surface area contributed by atoms with E-state index in [1.165, 1.54) is 11.1 Å². The predicted octanol–water partition coefficient (Wildman–Crippen LogP) is 3.01. The van der Waals surface area contributed by atoms with Gasteiger partial charge < -0.3 is 11.1 Å². The standard InChI is InChI=1S/C14H19N3S/c1-2-5-16-13(12-4-7-18-10-12)8-11-3-6-17-14(15)9-11/h3-4,6-7,9-10,13,16H,2,5,8H2,1H3,(H2,15,17). The first-order valence-electron chi connectivity index (χ1n) is 6.25. The van der Waals surface area contributed by atoms with Crippen LogP contribution in [-0.4, -0.2) is 11.5 Å². The highest BCUT2D eigenvalue weighted by molar-refractivity contribution is 7.07. The molecule has 1 unspecified atom stereocenters. The molecule has 18 heavy (non-hydrogen) atoms. The summed E-state index contributed by atoms with van der Waals surface area (Å²) in [6.45, 7) is 3.21. The Morgan fingerprint density at radius 3 is 3.00 bits per heavy atom. The van der Waals surface area contributed by atoms with Gasteiger partial charge >= 0.3 is 0 Å². The van der Waals surface area contributed by atoms with Crippen molar-refractivity contribution in [2.24, 2.45) is 0 Å². The zero-order valence-electron chi connectivity index (χ0n) is 10.6. The molecular weight excluding hydrogens is 242 g/mol. The van der Waals surface area contributed by atoms with Crippen molar-refractivity contribution in [2.45, 2.75) is 25.8 Å². The molecule has 0 saturated heterocycles. The molecule has 2 aromatic rings. The topological polar surface area (TPSA) is 50.9 Å². The van der Waals surface area contributed by atoms with Gasteiger partial charge in [0.05, 0.1) is 0 Å². The van der Waals surface area contributed by atoms with E-state index >= 15 is 0 Å². The van der Waals surface area contributed by atoms with E-state index in [0.29, 0.717) is 11.9 Å². The third-order valence-corrected chi connectivity index (χ3v) is 3.57. The first-order chi connectivity index (χ1) is 8.79. The van der Waals surface area contributed by atoms with Gasteiger partial charge in [0.1, 0.15) is 5.82 Å². The Bertz CT molecular complexity index is 468. The van der Waals surface area contributed by atoms with Crippen LogP contribution in [0.15, 0.2) is 35.2 Å². The molecule has 3 nitrogen and oxygen atoms in total.